The van der Waals surface area contributed by atoms with E-state index < -0.39 is 15.9 Å². The van der Waals surface area contributed by atoms with E-state index in [9.17, 15) is 13.4 Å². The molecule has 10 heteroatoms. The normalized spacial score (nSPS) is 21.2. The van der Waals surface area contributed by atoms with Crippen molar-refractivity contribution >= 4 is 28.4 Å². The maximum absolute atomic E-state index is 14.8. The largest absolute Gasteiger partial charge is 0.477 e. The van der Waals surface area contributed by atoms with Crippen LogP contribution in [0, 0.1) is 5.82 Å². The fourth-order valence-electron chi connectivity index (χ4n) is 4.46. The molecule has 3 N–H and O–H groups in total. The summed E-state index contributed by atoms with van der Waals surface area (Å²) in [6, 6.07) is -0.814. The van der Waals surface area contributed by atoms with Gasteiger partial charge in [-0.25, -0.2) is 23.5 Å². The Morgan fingerprint density at radius 3 is 2.37 bits per heavy atom. The first-order chi connectivity index (χ1) is 14.3. The van der Waals surface area contributed by atoms with Gasteiger partial charge in [-0.1, -0.05) is 0 Å². The standard InChI is InChI=1S/C20H26FN5O3S/c1-12(19-26(23-2)10-5-11-29-19)30(22,28)25-20(27)24-18-15-8-3-6-13(15)17(21)14-7-4-9-16(14)18/h2-11H2,1H3,(H3,22,24,25,27,28)/b19-12-. The van der Waals surface area contributed by atoms with Crippen LogP contribution in [0.4, 0.5) is 14.9 Å². The number of urea groups is 1. The molecule has 1 unspecified atom stereocenters. The number of nitrogens with zero attached hydrogens (tertiary/aromatic N) is 3. The number of rotatable bonds is 3. The Morgan fingerprint density at radius 1 is 1.17 bits per heavy atom. The molecule has 0 bridgehead atoms. The molecule has 0 radical (unpaired) electrons. The van der Waals surface area contributed by atoms with Gasteiger partial charge in [0.1, 0.15) is 15.7 Å². The van der Waals surface area contributed by atoms with E-state index in [1.165, 1.54) is 11.9 Å². The number of carbonyl (C=O) groups excluding carboxylic acids is 1. The Morgan fingerprint density at radius 2 is 1.77 bits per heavy atom. The van der Waals surface area contributed by atoms with Gasteiger partial charge in [0.05, 0.1) is 11.5 Å². The molecule has 1 aromatic carbocycles. The minimum absolute atomic E-state index is 0.124. The highest BCUT2D eigenvalue weighted by atomic mass is 32.2. The molecular weight excluding hydrogens is 409 g/mol. The Hall–Kier alpha value is -2.46. The Balaban J connectivity index is 1.68. The third-order valence-corrected chi connectivity index (χ3v) is 7.41. The van der Waals surface area contributed by atoms with E-state index in [1.54, 1.807) is 0 Å². The number of carbonyl (C=O) groups is 1. The van der Waals surface area contributed by atoms with Gasteiger partial charge in [-0.15, -0.1) is 4.36 Å². The van der Waals surface area contributed by atoms with Crippen LogP contribution in [-0.2, 0) is 40.3 Å². The zero-order valence-electron chi connectivity index (χ0n) is 17.0. The fourth-order valence-corrected chi connectivity index (χ4v) is 5.31. The van der Waals surface area contributed by atoms with Crippen molar-refractivity contribution in [1.82, 2.24) is 5.01 Å². The van der Waals surface area contributed by atoms with Gasteiger partial charge in [-0.2, -0.15) is 5.10 Å². The summed E-state index contributed by atoms with van der Waals surface area (Å²) in [5.74, 6) is 0.0865. The van der Waals surface area contributed by atoms with Crippen LogP contribution in [0.15, 0.2) is 20.3 Å². The number of allylic oxidation sites excluding steroid dienone is 1. The highest BCUT2D eigenvalue weighted by molar-refractivity contribution is 7.95. The van der Waals surface area contributed by atoms with Crippen LogP contribution in [-0.4, -0.2) is 35.1 Å². The zero-order chi connectivity index (χ0) is 21.5. The average molecular weight is 436 g/mol. The second-order valence-corrected chi connectivity index (χ2v) is 9.66. The summed E-state index contributed by atoms with van der Waals surface area (Å²) in [6.45, 7) is 5.95. The monoisotopic (exact) mass is 435 g/mol. The molecule has 1 atom stereocenters. The average Bonchev–Trinajstić information content (AvgIpc) is 3.40. The number of hydrazone groups is 1. The molecule has 0 aromatic heterocycles. The van der Waals surface area contributed by atoms with Crippen molar-refractivity contribution in [3.63, 3.8) is 0 Å². The fraction of sp³-hybridized carbons (Fsp3) is 0.500. The van der Waals surface area contributed by atoms with E-state index in [-0.39, 0.29) is 16.6 Å². The van der Waals surface area contributed by atoms with Crippen LogP contribution < -0.4 is 10.5 Å². The molecule has 1 fully saturated rings. The van der Waals surface area contributed by atoms with E-state index in [0.717, 1.165) is 30.4 Å². The van der Waals surface area contributed by atoms with E-state index >= 15 is 0 Å². The van der Waals surface area contributed by atoms with Crippen LogP contribution in [0.5, 0.6) is 0 Å². The number of anilines is 1. The van der Waals surface area contributed by atoms with Crippen molar-refractivity contribution in [3.8, 4) is 0 Å². The van der Waals surface area contributed by atoms with E-state index in [1.807, 2.05) is 0 Å². The number of hydrogen-bond acceptors (Lipinski definition) is 5. The molecule has 0 saturated carbocycles. The van der Waals surface area contributed by atoms with Gasteiger partial charge in [0.2, 0.25) is 5.88 Å². The van der Waals surface area contributed by atoms with Gasteiger partial charge in [0.15, 0.2) is 0 Å². The Bertz CT molecular complexity index is 1040. The number of benzene rings is 1. The number of hydrogen-bond donors (Lipinski definition) is 2. The van der Waals surface area contributed by atoms with Crippen LogP contribution in [0.1, 0.15) is 48.4 Å². The molecule has 8 nitrogen and oxygen atoms in total. The van der Waals surface area contributed by atoms with Gasteiger partial charge >= 0.3 is 6.03 Å². The van der Waals surface area contributed by atoms with Crippen molar-refractivity contribution in [2.45, 2.75) is 51.9 Å². The SMILES string of the molecule is C=NN1CCCO/C1=C(/C)S(N)(=O)=NC(=O)Nc1c2c(c(F)c3c1CCC3)CCC2. The van der Waals surface area contributed by atoms with Crippen LogP contribution in [0.25, 0.3) is 0 Å². The van der Waals surface area contributed by atoms with Crippen molar-refractivity contribution in [3.05, 3.63) is 38.9 Å². The second kappa shape index (κ2) is 7.99. The lowest BCUT2D eigenvalue weighted by Crippen LogP contribution is -2.30. The molecule has 4 rings (SSSR count). The predicted molar refractivity (Wildman–Crippen MR) is 114 cm³/mol. The molecule has 162 valence electrons. The van der Waals surface area contributed by atoms with E-state index in [4.69, 9.17) is 9.88 Å². The number of amides is 2. The first-order valence-corrected chi connectivity index (χ1v) is 11.7. The summed E-state index contributed by atoms with van der Waals surface area (Å²) in [7, 11) is -3.54. The zero-order valence-corrected chi connectivity index (χ0v) is 17.8. The number of ether oxygens (including phenoxy) is 1. The van der Waals surface area contributed by atoms with Gasteiger partial charge in [0.25, 0.3) is 0 Å². The Kier molecular flexibility index (Phi) is 5.54. The van der Waals surface area contributed by atoms with E-state index in [0.29, 0.717) is 55.6 Å². The summed E-state index contributed by atoms with van der Waals surface area (Å²) < 4.78 is 37.1. The highest BCUT2D eigenvalue weighted by Gasteiger charge is 2.30. The smallest absolute Gasteiger partial charge is 0.354 e. The molecule has 2 aliphatic carbocycles. The van der Waals surface area contributed by atoms with Gasteiger partial charge in [-0.05, 0) is 67.7 Å². The molecule has 1 heterocycles. The lowest BCUT2D eigenvalue weighted by Gasteiger charge is -2.28. The highest BCUT2D eigenvalue weighted by Crippen LogP contribution is 2.41. The van der Waals surface area contributed by atoms with E-state index in [2.05, 4.69) is 21.5 Å². The van der Waals surface area contributed by atoms with Crippen molar-refractivity contribution < 1.29 is 18.1 Å². The molecule has 2 amide bonds. The van der Waals surface area contributed by atoms with Crippen molar-refractivity contribution in [2.24, 2.45) is 14.6 Å². The second-order valence-electron chi connectivity index (χ2n) is 7.73. The van der Waals surface area contributed by atoms with Crippen LogP contribution >= 0.6 is 0 Å². The molecule has 30 heavy (non-hydrogen) atoms. The molecule has 1 saturated heterocycles. The van der Waals surface area contributed by atoms with Gasteiger partial charge in [0, 0.05) is 25.4 Å². The van der Waals surface area contributed by atoms with Gasteiger partial charge < -0.3 is 10.1 Å². The number of halogens is 1. The summed E-state index contributed by atoms with van der Waals surface area (Å²) in [5.41, 5.74) is 3.64. The first kappa shape index (κ1) is 20.8. The molecular formula is C20H26FN5O3S. The maximum Gasteiger partial charge on any atom is 0.354 e. The summed E-state index contributed by atoms with van der Waals surface area (Å²) >= 11 is 0. The van der Waals surface area contributed by atoms with Crippen LogP contribution in [0.2, 0.25) is 0 Å². The lowest BCUT2D eigenvalue weighted by atomic mass is 9.98. The number of nitrogens with one attached hydrogen (secondary N) is 1. The minimum Gasteiger partial charge on any atom is -0.477 e. The molecule has 0 spiro atoms. The quantitative estimate of drug-likeness (QED) is 0.711. The minimum atomic E-state index is -3.54. The first-order valence-electron chi connectivity index (χ1n) is 10.1. The summed E-state index contributed by atoms with van der Waals surface area (Å²) in [6.07, 6.45) is 5.14. The molecule has 1 aliphatic heterocycles. The molecule has 1 aromatic rings. The van der Waals surface area contributed by atoms with Gasteiger partial charge in [-0.3, -0.25) is 0 Å². The summed E-state index contributed by atoms with van der Waals surface area (Å²) in [4.78, 5) is 12.8. The Labute approximate surface area is 175 Å². The molecule has 3 aliphatic rings. The topological polar surface area (TPSA) is 109 Å². The number of nitrogens with two attached hydrogens (primary N) is 1. The lowest BCUT2D eigenvalue weighted by molar-refractivity contribution is 0.0656. The summed E-state index contributed by atoms with van der Waals surface area (Å²) in [5, 5.41) is 14.0. The van der Waals surface area contributed by atoms with Crippen LogP contribution in [0.3, 0.4) is 0 Å². The third kappa shape index (κ3) is 3.58. The predicted octanol–water partition coefficient (Wildman–Crippen LogP) is 3.20. The van der Waals surface area contributed by atoms with Crippen molar-refractivity contribution in [1.29, 1.82) is 0 Å². The van der Waals surface area contributed by atoms with Crippen molar-refractivity contribution in [2.75, 3.05) is 18.5 Å². The maximum atomic E-state index is 14.8. The third-order valence-electron chi connectivity index (χ3n) is 5.92. The number of fused-ring (bicyclic) bond motifs is 2.